The van der Waals surface area contributed by atoms with Gasteiger partial charge in [-0.15, -0.1) is 0 Å². The van der Waals surface area contributed by atoms with Crippen LogP contribution in [0.1, 0.15) is 93.2 Å². The molecule has 0 aliphatic carbocycles. The Labute approximate surface area is 200 Å². The summed E-state index contributed by atoms with van der Waals surface area (Å²) < 4.78 is 17.6. The van der Waals surface area contributed by atoms with Gasteiger partial charge in [0.25, 0.3) is 0 Å². The Morgan fingerprint density at radius 3 is 1.27 bits per heavy atom. The second kappa shape index (κ2) is 9.79. The maximum Gasteiger partial charge on any atom is 0.306 e. The molecule has 2 rings (SSSR count). The minimum Gasteiger partial charge on any atom is -0.488 e. The van der Waals surface area contributed by atoms with Gasteiger partial charge in [-0.25, -0.2) is 0 Å². The van der Waals surface area contributed by atoms with Crippen molar-refractivity contribution in [1.82, 2.24) is 0 Å². The van der Waals surface area contributed by atoms with Gasteiger partial charge in [-0.05, 0) is 104 Å². The van der Waals surface area contributed by atoms with Crippen LogP contribution in [0.5, 0.6) is 11.5 Å². The molecule has 0 fully saturated rings. The minimum atomic E-state index is -0.495. The normalized spacial score (nSPS) is 12.9. The van der Waals surface area contributed by atoms with E-state index in [0.29, 0.717) is 12.8 Å². The van der Waals surface area contributed by atoms with E-state index in [1.165, 1.54) is 0 Å². The number of carbonyl (C=O) groups is 1. The topological polar surface area (TPSA) is 44.8 Å². The average Bonchev–Trinajstić information content (AvgIpc) is 2.63. The molecular formula is C29H42O4. The number of hydrogen-bond donors (Lipinski definition) is 0. The maximum atomic E-state index is 12.5. The highest BCUT2D eigenvalue weighted by molar-refractivity contribution is 5.70. The molecule has 0 aliphatic rings. The molecule has 0 bridgehead atoms. The smallest absolute Gasteiger partial charge is 0.306 e. The SMILES string of the molecule is CC(C)(C)OC(=O)CCC(C)(c1ccc(OC(C)(C)C)cc1)c1ccc(OC(C)(C)C)cc1. The molecule has 0 amide bonds. The lowest BCUT2D eigenvalue weighted by Crippen LogP contribution is -2.28. The Bertz CT molecular complexity index is 845. The number of esters is 1. The van der Waals surface area contributed by atoms with Crippen molar-refractivity contribution in [3.8, 4) is 11.5 Å². The molecule has 0 radical (unpaired) electrons. The highest BCUT2D eigenvalue weighted by Crippen LogP contribution is 2.38. The average molecular weight is 455 g/mol. The fourth-order valence-corrected chi connectivity index (χ4v) is 3.69. The van der Waals surface area contributed by atoms with Gasteiger partial charge < -0.3 is 14.2 Å². The van der Waals surface area contributed by atoms with Gasteiger partial charge in [0.05, 0.1) is 0 Å². The molecular weight excluding hydrogens is 412 g/mol. The van der Waals surface area contributed by atoms with Gasteiger partial charge in [0, 0.05) is 11.8 Å². The van der Waals surface area contributed by atoms with Gasteiger partial charge in [-0.2, -0.15) is 0 Å². The van der Waals surface area contributed by atoms with Crippen LogP contribution in [0.25, 0.3) is 0 Å². The first-order chi connectivity index (χ1) is 15.0. The van der Waals surface area contributed by atoms with Gasteiger partial charge in [0.2, 0.25) is 0 Å². The van der Waals surface area contributed by atoms with Crippen LogP contribution >= 0.6 is 0 Å². The molecule has 2 aromatic rings. The van der Waals surface area contributed by atoms with Crippen molar-refractivity contribution in [2.24, 2.45) is 0 Å². The molecule has 0 aromatic heterocycles. The molecule has 4 nitrogen and oxygen atoms in total. The minimum absolute atomic E-state index is 0.186. The second-order valence-electron chi connectivity index (χ2n) is 11.9. The zero-order valence-corrected chi connectivity index (χ0v) is 22.2. The van der Waals surface area contributed by atoms with Gasteiger partial charge in [-0.3, -0.25) is 4.79 Å². The van der Waals surface area contributed by atoms with Crippen LogP contribution in [0.15, 0.2) is 48.5 Å². The van der Waals surface area contributed by atoms with Crippen molar-refractivity contribution < 1.29 is 19.0 Å². The maximum absolute atomic E-state index is 12.5. The zero-order valence-electron chi connectivity index (χ0n) is 22.2. The molecule has 0 N–H and O–H groups in total. The molecule has 33 heavy (non-hydrogen) atoms. The van der Waals surface area contributed by atoms with Crippen molar-refractivity contribution in [3.05, 3.63) is 59.7 Å². The highest BCUT2D eigenvalue weighted by atomic mass is 16.6. The molecule has 0 heterocycles. The molecule has 0 atom stereocenters. The molecule has 182 valence electrons. The Balaban J connectivity index is 2.36. The molecule has 2 aromatic carbocycles. The van der Waals surface area contributed by atoms with Crippen molar-refractivity contribution in [2.45, 2.75) is 104 Å². The van der Waals surface area contributed by atoms with Crippen LogP contribution < -0.4 is 9.47 Å². The summed E-state index contributed by atoms with van der Waals surface area (Å²) in [6.45, 7) is 20.1. The molecule has 0 unspecified atom stereocenters. The summed E-state index contributed by atoms with van der Waals surface area (Å²) in [5.41, 5.74) is 0.853. The van der Waals surface area contributed by atoms with Gasteiger partial charge in [0.1, 0.15) is 28.3 Å². The van der Waals surface area contributed by atoms with Gasteiger partial charge in [-0.1, -0.05) is 31.2 Å². The number of rotatable bonds is 7. The van der Waals surface area contributed by atoms with Gasteiger partial charge in [0.15, 0.2) is 0 Å². The summed E-state index contributed by atoms with van der Waals surface area (Å²) in [5, 5.41) is 0. The van der Waals surface area contributed by atoms with Crippen LogP contribution in [0.2, 0.25) is 0 Å². The Kier molecular flexibility index (Phi) is 7.94. The summed E-state index contributed by atoms with van der Waals surface area (Å²) in [6, 6.07) is 16.4. The van der Waals surface area contributed by atoms with E-state index in [1.54, 1.807) is 0 Å². The van der Waals surface area contributed by atoms with Crippen LogP contribution in [0.4, 0.5) is 0 Å². The first kappa shape index (κ1) is 26.8. The quantitative estimate of drug-likeness (QED) is 0.407. The summed E-state index contributed by atoms with van der Waals surface area (Å²) in [6.07, 6.45) is 0.953. The van der Waals surface area contributed by atoms with Crippen molar-refractivity contribution in [1.29, 1.82) is 0 Å². The largest absolute Gasteiger partial charge is 0.488 e. The van der Waals surface area contributed by atoms with E-state index in [0.717, 1.165) is 22.6 Å². The van der Waals surface area contributed by atoms with Crippen LogP contribution in [0.3, 0.4) is 0 Å². The fraction of sp³-hybridized carbons (Fsp3) is 0.552. The predicted octanol–water partition coefficient (Wildman–Crippen LogP) is 7.47. The third-order valence-electron chi connectivity index (χ3n) is 5.08. The third kappa shape index (κ3) is 8.75. The van der Waals surface area contributed by atoms with E-state index in [9.17, 15) is 4.79 Å². The number of hydrogen-bond acceptors (Lipinski definition) is 4. The van der Waals surface area contributed by atoms with Crippen molar-refractivity contribution in [2.75, 3.05) is 0 Å². The molecule has 4 heteroatoms. The molecule has 0 spiro atoms. The first-order valence-electron chi connectivity index (χ1n) is 11.8. The van der Waals surface area contributed by atoms with Crippen LogP contribution in [-0.2, 0) is 14.9 Å². The van der Waals surface area contributed by atoms with Gasteiger partial charge >= 0.3 is 5.97 Å². The lowest BCUT2D eigenvalue weighted by molar-refractivity contribution is -0.155. The monoisotopic (exact) mass is 454 g/mol. The number of carbonyl (C=O) groups excluding carboxylic acids is 1. The van der Waals surface area contributed by atoms with Crippen molar-refractivity contribution >= 4 is 5.97 Å². The first-order valence-corrected chi connectivity index (χ1v) is 11.8. The van der Waals surface area contributed by atoms with Crippen LogP contribution in [0, 0.1) is 0 Å². The summed E-state index contributed by atoms with van der Waals surface area (Å²) in [4.78, 5) is 12.5. The van der Waals surface area contributed by atoms with E-state index in [2.05, 4.69) is 31.2 Å². The molecule has 0 aliphatic heterocycles. The standard InChI is InChI=1S/C29H42O4/c1-26(2,3)31-23-15-11-21(12-16-23)29(10,20-19-25(30)33-28(7,8)9)22-13-17-24(18-14-22)32-27(4,5)6/h11-18H,19-20H2,1-10H3. The predicted molar refractivity (Wildman–Crippen MR) is 135 cm³/mol. The van der Waals surface area contributed by atoms with E-state index in [4.69, 9.17) is 14.2 Å². The highest BCUT2D eigenvalue weighted by Gasteiger charge is 2.31. The summed E-state index contributed by atoms with van der Waals surface area (Å²) >= 11 is 0. The Hall–Kier alpha value is -2.49. The number of benzene rings is 2. The lowest BCUT2D eigenvalue weighted by atomic mass is 9.73. The lowest BCUT2D eigenvalue weighted by Gasteiger charge is -2.32. The van der Waals surface area contributed by atoms with E-state index >= 15 is 0 Å². The summed E-state index contributed by atoms with van der Waals surface area (Å²) in [7, 11) is 0. The zero-order chi connectivity index (χ0) is 25.1. The van der Waals surface area contributed by atoms with Crippen LogP contribution in [-0.4, -0.2) is 22.8 Å². The van der Waals surface area contributed by atoms with E-state index in [-0.39, 0.29) is 22.6 Å². The Morgan fingerprint density at radius 2 is 0.970 bits per heavy atom. The third-order valence-corrected chi connectivity index (χ3v) is 5.08. The van der Waals surface area contributed by atoms with E-state index in [1.807, 2.05) is 86.6 Å². The summed E-state index contributed by atoms with van der Waals surface area (Å²) in [5.74, 6) is 1.47. The number of ether oxygens (including phenoxy) is 3. The fourth-order valence-electron chi connectivity index (χ4n) is 3.69. The van der Waals surface area contributed by atoms with E-state index < -0.39 is 5.60 Å². The second-order valence-corrected chi connectivity index (χ2v) is 11.9. The Morgan fingerprint density at radius 1 is 0.606 bits per heavy atom. The molecule has 0 saturated carbocycles. The van der Waals surface area contributed by atoms with Crippen molar-refractivity contribution in [3.63, 3.8) is 0 Å². The molecule has 0 saturated heterocycles.